The van der Waals surface area contributed by atoms with Crippen molar-refractivity contribution < 1.29 is 23.1 Å². The Kier molecular flexibility index (Phi) is 5.87. The molecule has 0 aromatic heterocycles. The molecule has 4 aromatic carbocycles. The number of hydrogen-bond donors (Lipinski definition) is 1. The number of rotatable bonds is 5. The molecule has 1 amide bonds. The predicted molar refractivity (Wildman–Crippen MR) is 144 cm³/mol. The Hall–Kier alpha value is -4.04. The first-order valence-electron chi connectivity index (χ1n) is 11.8. The van der Waals surface area contributed by atoms with E-state index in [2.05, 4.69) is 0 Å². The number of carbonyl (C=O) groups excluding carboxylic acids is 1. The molecular formula is C29H28N2O5S. The van der Waals surface area contributed by atoms with Gasteiger partial charge < -0.3 is 14.7 Å². The van der Waals surface area contributed by atoms with E-state index in [0.717, 1.165) is 16.5 Å². The maximum atomic E-state index is 14.3. The van der Waals surface area contributed by atoms with Gasteiger partial charge in [-0.3, -0.25) is 9.10 Å². The summed E-state index contributed by atoms with van der Waals surface area (Å²) in [5.41, 5.74) is 3.36. The largest absolute Gasteiger partial charge is 0.508 e. The SMILES string of the molecule is COc1cccc(C2c3c(O)ccc4cc(C)cc(c34)N2S(=O)(=O)c2ccc(C)cc2)c1C(=O)N(C)C. The van der Waals surface area contributed by atoms with Gasteiger partial charge >= 0.3 is 0 Å². The van der Waals surface area contributed by atoms with Gasteiger partial charge in [-0.15, -0.1) is 0 Å². The van der Waals surface area contributed by atoms with E-state index in [9.17, 15) is 18.3 Å². The molecule has 1 heterocycles. The number of phenolic OH excluding ortho intramolecular Hbond substituents is 1. The van der Waals surface area contributed by atoms with Crippen molar-refractivity contribution in [3.05, 3.63) is 94.5 Å². The average Bonchev–Trinajstić information content (AvgIpc) is 3.22. The minimum absolute atomic E-state index is 0.0460. The second-order valence-corrected chi connectivity index (χ2v) is 11.3. The second kappa shape index (κ2) is 8.81. The third-order valence-corrected chi connectivity index (χ3v) is 8.57. The van der Waals surface area contributed by atoms with Crippen LogP contribution in [0.3, 0.4) is 0 Å². The van der Waals surface area contributed by atoms with Crippen LogP contribution in [0.15, 0.2) is 71.6 Å². The van der Waals surface area contributed by atoms with Crippen molar-refractivity contribution in [2.45, 2.75) is 24.8 Å². The summed E-state index contributed by atoms with van der Waals surface area (Å²) in [6, 6.07) is 17.9. The zero-order valence-electron chi connectivity index (χ0n) is 21.3. The summed E-state index contributed by atoms with van der Waals surface area (Å²) in [5, 5.41) is 12.6. The molecule has 1 aliphatic rings. The van der Waals surface area contributed by atoms with Crippen LogP contribution in [0.5, 0.6) is 11.5 Å². The highest BCUT2D eigenvalue weighted by Crippen LogP contribution is 2.54. The number of benzene rings is 4. The molecule has 190 valence electrons. The second-order valence-electron chi connectivity index (χ2n) is 9.52. The molecule has 7 nitrogen and oxygen atoms in total. The van der Waals surface area contributed by atoms with Gasteiger partial charge in [0.25, 0.3) is 15.9 Å². The smallest absolute Gasteiger partial charge is 0.265 e. The van der Waals surface area contributed by atoms with Crippen molar-refractivity contribution in [3.63, 3.8) is 0 Å². The van der Waals surface area contributed by atoms with E-state index >= 15 is 0 Å². The van der Waals surface area contributed by atoms with Crippen LogP contribution in [-0.2, 0) is 10.0 Å². The third kappa shape index (κ3) is 3.79. The van der Waals surface area contributed by atoms with Gasteiger partial charge in [0.1, 0.15) is 17.5 Å². The summed E-state index contributed by atoms with van der Waals surface area (Å²) in [6.07, 6.45) is 0. The van der Waals surface area contributed by atoms with Crippen molar-refractivity contribution in [1.82, 2.24) is 4.90 Å². The van der Waals surface area contributed by atoms with E-state index in [1.165, 1.54) is 16.3 Å². The standard InChI is InChI=1S/C29H28N2O5S/c1-17-9-12-20(13-10-17)37(34,35)31-22-16-18(2)15-19-11-14-23(32)27(25(19)22)28(31)21-7-6-8-24(36-5)26(21)29(33)30(3)4/h6-16,28,32H,1-5H3. The molecule has 1 atom stereocenters. The number of nitrogens with zero attached hydrogens (tertiary/aromatic N) is 2. The van der Waals surface area contributed by atoms with Gasteiger partial charge in [0, 0.05) is 25.0 Å². The first-order valence-corrected chi connectivity index (χ1v) is 13.3. The summed E-state index contributed by atoms with van der Waals surface area (Å²) < 4.78 is 35.6. The Bertz CT molecular complexity index is 1660. The van der Waals surface area contributed by atoms with Gasteiger partial charge in [-0.1, -0.05) is 42.0 Å². The Morgan fingerprint density at radius 1 is 0.973 bits per heavy atom. The number of methoxy groups -OCH3 is 1. The van der Waals surface area contributed by atoms with Crippen LogP contribution in [0.1, 0.15) is 38.7 Å². The zero-order valence-corrected chi connectivity index (χ0v) is 22.1. The molecule has 0 saturated carbocycles. The van der Waals surface area contributed by atoms with E-state index in [0.29, 0.717) is 28.0 Å². The van der Waals surface area contributed by atoms with Crippen molar-refractivity contribution in [2.75, 3.05) is 25.5 Å². The van der Waals surface area contributed by atoms with Gasteiger partial charge in [0.05, 0.1) is 23.3 Å². The molecule has 8 heteroatoms. The van der Waals surface area contributed by atoms with E-state index in [1.54, 1.807) is 68.7 Å². The van der Waals surface area contributed by atoms with Crippen molar-refractivity contribution in [1.29, 1.82) is 0 Å². The molecule has 0 fully saturated rings. The average molecular weight is 517 g/mol. The van der Waals surface area contributed by atoms with Crippen LogP contribution in [0.2, 0.25) is 0 Å². The molecule has 1 aliphatic heterocycles. The van der Waals surface area contributed by atoms with Crippen LogP contribution in [0, 0.1) is 13.8 Å². The van der Waals surface area contributed by atoms with E-state index in [-0.39, 0.29) is 22.1 Å². The van der Waals surface area contributed by atoms with Crippen molar-refractivity contribution in [2.24, 2.45) is 0 Å². The number of hydrogen-bond acceptors (Lipinski definition) is 5. The lowest BCUT2D eigenvalue weighted by molar-refractivity contribution is 0.0823. The monoisotopic (exact) mass is 516 g/mol. The van der Waals surface area contributed by atoms with Crippen molar-refractivity contribution in [3.8, 4) is 11.5 Å². The number of carbonyl (C=O) groups is 1. The molecule has 0 spiro atoms. The minimum Gasteiger partial charge on any atom is -0.508 e. The van der Waals surface area contributed by atoms with Crippen molar-refractivity contribution >= 4 is 32.4 Å². The molecule has 0 saturated heterocycles. The molecule has 1 unspecified atom stereocenters. The number of phenols is 1. The summed E-state index contributed by atoms with van der Waals surface area (Å²) in [6.45, 7) is 3.79. The van der Waals surface area contributed by atoms with Crippen LogP contribution in [0.25, 0.3) is 10.8 Å². The van der Waals surface area contributed by atoms with Gasteiger partial charge in [-0.2, -0.15) is 0 Å². The highest BCUT2D eigenvalue weighted by atomic mass is 32.2. The van der Waals surface area contributed by atoms with Crippen LogP contribution in [0.4, 0.5) is 5.69 Å². The first-order chi connectivity index (χ1) is 17.6. The summed E-state index contributed by atoms with van der Waals surface area (Å²) in [5.74, 6) is -0.0584. The molecule has 1 N–H and O–H groups in total. The Morgan fingerprint density at radius 3 is 2.32 bits per heavy atom. The molecule has 37 heavy (non-hydrogen) atoms. The summed E-state index contributed by atoms with van der Waals surface area (Å²) in [4.78, 5) is 15.0. The first kappa shape index (κ1) is 24.6. The van der Waals surface area contributed by atoms with Gasteiger partial charge in [-0.25, -0.2) is 8.42 Å². The highest BCUT2D eigenvalue weighted by Gasteiger charge is 2.44. The van der Waals surface area contributed by atoms with Crippen LogP contribution >= 0.6 is 0 Å². The summed E-state index contributed by atoms with van der Waals surface area (Å²) in [7, 11) is 0.602. The maximum Gasteiger partial charge on any atom is 0.265 e. The highest BCUT2D eigenvalue weighted by molar-refractivity contribution is 7.93. The van der Waals surface area contributed by atoms with Crippen LogP contribution < -0.4 is 9.04 Å². The zero-order chi connectivity index (χ0) is 26.6. The Morgan fingerprint density at radius 2 is 1.68 bits per heavy atom. The molecule has 0 radical (unpaired) electrons. The normalized spacial score (nSPS) is 14.7. The Balaban J connectivity index is 1.90. The van der Waals surface area contributed by atoms with Crippen LogP contribution in [-0.4, -0.2) is 45.5 Å². The molecule has 4 aromatic rings. The molecule has 5 rings (SSSR count). The quantitative estimate of drug-likeness (QED) is 0.395. The lowest BCUT2D eigenvalue weighted by atomic mass is 9.92. The number of aryl methyl sites for hydroxylation is 2. The lowest BCUT2D eigenvalue weighted by Crippen LogP contribution is -2.34. The maximum absolute atomic E-state index is 14.3. The fourth-order valence-corrected chi connectivity index (χ4v) is 6.69. The third-order valence-electron chi connectivity index (χ3n) is 6.77. The van der Waals surface area contributed by atoms with Gasteiger partial charge in [-0.05, 0) is 60.7 Å². The fraction of sp³-hybridized carbons (Fsp3) is 0.207. The summed E-state index contributed by atoms with van der Waals surface area (Å²) >= 11 is 0. The molecule has 0 bridgehead atoms. The minimum atomic E-state index is -4.13. The van der Waals surface area contributed by atoms with Gasteiger partial charge in [0.2, 0.25) is 0 Å². The van der Waals surface area contributed by atoms with E-state index in [4.69, 9.17) is 4.74 Å². The van der Waals surface area contributed by atoms with E-state index in [1.807, 2.05) is 26.0 Å². The number of amides is 1. The lowest BCUT2D eigenvalue weighted by Gasteiger charge is -2.30. The number of anilines is 1. The number of sulfonamides is 1. The number of aromatic hydroxyl groups is 1. The number of ether oxygens (including phenoxy) is 1. The topological polar surface area (TPSA) is 87.1 Å². The molecule has 0 aliphatic carbocycles. The fourth-order valence-electron chi connectivity index (χ4n) is 5.09. The van der Waals surface area contributed by atoms with E-state index < -0.39 is 16.1 Å². The molecular weight excluding hydrogens is 488 g/mol. The van der Waals surface area contributed by atoms with Gasteiger partial charge in [0.15, 0.2) is 0 Å². The predicted octanol–water partition coefficient (Wildman–Crippen LogP) is 5.17. The Labute approximate surface area is 216 Å².